The van der Waals surface area contributed by atoms with Crippen LogP contribution in [0.4, 0.5) is 5.69 Å². The van der Waals surface area contributed by atoms with Crippen LogP contribution in [0.3, 0.4) is 0 Å². The summed E-state index contributed by atoms with van der Waals surface area (Å²) in [6.07, 6.45) is 1.96. The maximum absolute atomic E-state index is 11.4. The molecule has 0 amide bonds. The van der Waals surface area contributed by atoms with Gasteiger partial charge in [-0.15, -0.1) is 0 Å². The number of ether oxygens (including phenoxy) is 1. The molecule has 2 aromatic rings. The molecule has 3 rings (SSSR count). The molecular weight excluding hydrogens is 310 g/mol. The van der Waals surface area contributed by atoms with Gasteiger partial charge in [0.15, 0.2) is 11.9 Å². The third-order valence-electron chi connectivity index (χ3n) is 4.44. The molecule has 0 saturated heterocycles. The molecule has 1 heterocycles. The maximum Gasteiger partial charge on any atom is 0.333 e. The number of benzene rings is 1. The summed E-state index contributed by atoms with van der Waals surface area (Å²) < 4.78 is 10.4. The molecule has 24 heavy (non-hydrogen) atoms. The Balaban J connectivity index is 1.77. The second-order valence-corrected chi connectivity index (χ2v) is 6.07. The highest BCUT2D eigenvalue weighted by Crippen LogP contribution is 2.33. The normalized spacial score (nSPS) is 21.6. The van der Waals surface area contributed by atoms with Crippen molar-refractivity contribution < 1.29 is 19.2 Å². The molecule has 0 spiro atoms. The number of methoxy groups -OCH3 is 1. The molecule has 0 aliphatic heterocycles. The molecule has 1 fully saturated rings. The van der Waals surface area contributed by atoms with E-state index in [0.29, 0.717) is 11.7 Å². The van der Waals surface area contributed by atoms with Gasteiger partial charge in [0, 0.05) is 30.3 Å². The van der Waals surface area contributed by atoms with Crippen molar-refractivity contribution in [3.8, 4) is 11.5 Å². The van der Waals surface area contributed by atoms with Crippen molar-refractivity contribution in [1.82, 2.24) is 10.1 Å². The van der Waals surface area contributed by atoms with E-state index >= 15 is 0 Å². The molecular formula is C17H21N3O4. The van der Waals surface area contributed by atoms with Gasteiger partial charge in [-0.25, -0.2) is 4.79 Å². The lowest BCUT2D eigenvalue weighted by molar-refractivity contribution is -0.152. The van der Waals surface area contributed by atoms with Gasteiger partial charge in [-0.2, -0.15) is 4.98 Å². The molecule has 1 aliphatic carbocycles. The van der Waals surface area contributed by atoms with Gasteiger partial charge in [0.05, 0.1) is 0 Å². The van der Waals surface area contributed by atoms with E-state index in [1.165, 1.54) is 7.11 Å². The minimum atomic E-state index is -0.911. The van der Waals surface area contributed by atoms with Gasteiger partial charge in [0.1, 0.15) is 0 Å². The molecule has 7 heteroatoms. The summed E-state index contributed by atoms with van der Waals surface area (Å²) in [6.45, 7) is 1.77. The van der Waals surface area contributed by atoms with Crippen LogP contribution in [0.25, 0.3) is 11.5 Å². The Labute approximate surface area is 140 Å². The number of carboxylic acid groups (broad SMARTS) is 1. The van der Waals surface area contributed by atoms with Crippen LogP contribution in [0, 0.1) is 12.8 Å². The lowest BCUT2D eigenvalue weighted by Gasteiger charge is -2.26. The van der Waals surface area contributed by atoms with Crippen LogP contribution in [0.1, 0.15) is 25.1 Å². The van der Waals surface area contributed by atoms with Crippen LogP contribution in [0.5, 0.6) is 0 Å². The molecule has 2 N–H and O–H groups in total. The van der Waals surface area contributed by atoms with E-state index in [9.17, 15) is 9.90 Å². The largest absolute Gasteiger partial charge is 0.479 e. The Kier molecular flexibility index (Phi) is 4.80. The molecule has 7 nitrogen and oxygen atoms in total. The van der Waals surface area contributed by atoms with Crippen LogP contribution < -0.4 is 5.32 Å². The number of hydrogen-bond donors (Lipinski definition) is 2. The molecule has 1 saturated carbocycles. The molecule has 1 aromatic heterocycles. The SMILES string of the molecule is COC(C(=O)O)C1CCCC1Nc1cccc(-c2nc(C)no2)c1. The van der Waals surface area contributed by atoms with Crippen molar-refractivity contribution in [3.05, 3.63) is 30.1 Å². The summed E-state index contributed by atoms with van der Waals surface area (Å²) in [6, 6.07) is 7.76. The number of aromatic nitrogens is 2. The van der Waals surface area contributed by atoms with Crippen molar-refractivity contribution in [2.24, 2.45) is 5.92 Å². The van der Waals surface area contributed by atoms with Crippen molar-refractivity contribution in [2.45, 2.75) is 38.3 Å². The average Bonchev–Trinajstić information content (AvgIpc) is 3.18. The first-order valence-corrected chi connectivity index (χ1v) is 8.01. The van der Waals surface area contributed by atoms with Gasteiger partial charge >= 0.3 is 5.97 Å². The number of nitrogens with zero attached hydrogens (tertiary/aromatic N) is 2. The summed E-state index contributed by atoms with van der Waals surface area (Å²) in [7, 11) is 1.45. The Morgan fingerprint density at radius 2 is 2.29 bits per heavy atom. The number of carbonyl (C=O) groups is 1. The van der Waals surface area contributed by atoms with Crippen LogP contribution in [0.2, 0.25) is 0 Å². The molecule has 128 valence electrons. The van der Waals surface area contributed by atoms with Gasteiger partial charge in [0.25, 0.3) is 5.89 Å². The van der Waals surface area contributed by atoms with E-state index in [4.69, 9.17) is 9.26 Å². The van der Waals surface area contributed by atoms with E-state index in [-0.39, 0.29) is 12.0 Å². The summed E-state index contributed by atoms with van der Waals surface area (Å²) in [5, 5.41) is 16.6. The fraction of sp³-hybridized carbons (Fsp3) is 0.471. The van der Waals surface area contributed by atoms with Gasteiger partial charge in [0.2, 0.25) is 0 Å². The summed E-state index contributed by atoms with van der Waals surface area (Å²) in [5.41, 5.74) is 1.73. The summed E-state index contributed by atoms with van der Waals surface area (Å²) >= 11 is 0. The van der Waals surface area contributed by atoms with Gasteiger partial charge in [-0.3, -0.25) is 0 Å². The number of nitrogens with one attached hydrogen (secondary N) is 1. The maximum atomic E-state index is 11.4. The number of aliphatic carboxylic acids is 1. The summed E-state index contributed by atoms with van der Waals surface area (Å²) in [4.78, 5) is 15.6. The Morgan fingerprint density at radius 1 is 1.46 bits per heavy atom. The fourth-order valence-electron chi connectivity index (χ4n) is 3.36. The molecule has 1 aromatic carbocycles. The lowest BCUT2D eigenvalue weighted by atomic mass is 9.96. The van der Waals surface area contributed by atoms with Crippen molar-refractivity contribution in [2.75, 3.05) is 12.4 Å². The zero-order valence-electron chi connectivity index (χ0n) is 13.7. The lowest BCUT2D eigenvalue weighted by Crippen LogP contribution is -2.39. The second kappa shape index (κ2) is 7.00. The molecule has 1 aliphatic rings. The zero-order valence-corrected chi connectivity index (χ0v) is 13.7. The minimum absolute atomic E-state index is 0.0539. The number of rotatable bonds is 6. The van der Waals surface area contributed by atoms with E-state index < -0.39 is 12.1 Å². The Bertz CT molecular complexity index is 715. The first-order chi connectivity index (χ1) is 11.6. The van der Waals surface area contributed by atoms with Crippen LogP contribution in [0.15, 0.2) is 28.8 Å². The second-order valence-electron chi connectivity index (χ2n) is 6.07. The van der Waals surface area contributed by atoms with Crippen molar-refractivity contribution >= 4 is 11.7 Å². The third kappa shape index (κ3) is 3.41. The highest BCUT2D eigenvalue weighted by molar-refractivity contribution is 5.73. The monoisotopic (exact) mass is 331 g/mol. The number of aryl methyl sites for hydroxylation is 1. The van der Waals surface area contributed by atoms with E-state index in [1.54, 1.807) is 6.92 Å². The first kappa shape index (κ1) is 16.4. The Hall–Kier alpha value is -2.41. The van der Waals surface area contributed by atoms with Crippen molar-refractivity contribution in [3.63, 3.8) is 0 Å². The van der Waals surface area contributed by atoms with Crippen LogP contribution >= 0.6 is 0 Å². The van der Waals surface area contributed by atoms with Crippen LogP contribution in [-0.2, 0) is 9.53 Å². The van der Waals surface area contributed by atoms with E-state index in [2.05, 4.69) is 15.5 Å². The fourth-order valence-corrected chi connectivity index (χ4v) is 3.36. The highest BCUT2D eigenvalue weighted by atomic mass is 16.5. The standard InChI is InChI=1S/C17H21N3O4/c1-10-18-16(24-20-10)11-5-3-6-12(9-11)19-14-8-4-7-13(14)15(23-2)17(21)22/h3,5-6,9,13-15,19H,4,7-8H2,1-2H3,(H,21,22). The smallest absolute Gasteiger partial charge is 0.333 e. The number of hydrogen-bond acceptors (Lipinski definition) is 6. The van der Waals surface area contributed by atoms with Crippen LogP contribution in [-0.4, -0.2) is 40.5 Å². The predicted octanol–water partition coefficient (Wildman–Crippen LogP) is 2.73. The molecule has 0 bridgehead atoms. The minimum Gasteiger partial charge on any atom is -0.479 e. The molecule has 3 atom stereocenters. The molecule has 0 radical (unpaired) electrons. The van der Waals surface area contributed by atoms with Gasteiger partial charge in [-0.1, -0.05) is 17.6 Å². The van der Waals surface area contributed by atoms with E-state index in [0.717, 1.165) is 30.5 Å². The third-order valence-corrected chi connectivity index (χ3v) is 4.44. The quantitative estimate of drug-likeness (QED) is 0.840. The first-order valence-electron chi connectivity index (χ1n) is 8.01. The van der Waals surface area contributed by atoms with E-state index in [1.807, 2.05) is 24.3 Å². The van der Waals surface area contributed by atoms with Crippen molar-refractivity contribution in [1.29, 1.82) is 0 Å². The Morgan fingerprint density at radius 3 is 2.96 bits per heavy atom. The number of anilines is 1. The van der Waals surface area contributed by atoms with Gasteiger partial charge < -0.3 is 19.7 Å². The zero-order chi connectivity index (χ0) is 17.1. The van der Waals surface area contributed by atoms with Gasteiger partial charge in [-0.05, 0) is 38.0 Å². The molecule has 3 unspecified atom stereocenters. The summed E-state index contributed by atoms with van der Waals surface area (Å²) in [5.74, 6) is 0.0936. The average molecular weight is 331 g/mol. The predicted molar refractivity (Wildman–Crippen MR) is 87.7 cm³/mol. The highest BCUT2D eigenvalue weighted by Gasteiger charge is 2.37. The number of carboxylic acids is 1. The topological polar surface area (TPSA) is 97.5 Å².